The molecule has 5 saturated carbocycles. The van der Waals surface area contributed by atoms with Gasteiger partial charge in [0.15, 0.2) is 0 Å². The van der Waals surface area contributed by atoms with Crippen molar-refractivity contribution in [2.75, 3.05) is 6.61 Å². The Morgan fingerprint density at radius 3 is 1.94 bits per heavy atom. The van der Waals surface area contributed by atoms with Crippen LogP contribution in [0.3, 0.4) is 0 Å². The summed E-state index contributed by atoms with van der Waals surface area (Å²) in [5.41, 5.74) is -2.02. The monoisotopic (exact) mass is 492 g/mol. The quantitative estimate of drug-likeness (QED) is 0.376. The highest BCUT2D eigenvalue weighted by Gasteiger charge is 2.69. The van der Waals surface area contributed by atoms with Crippen LogP contribution < -0.4 is 0 Å². The smallest absolute Gasteiger partial charge is 0.0711 e. The lowest BCUT2D eigenvalue weighted by Gasteiger charge is -2.65. The summed E-state index contributed by atoms with van der Waals surface area (Å²) < 4.78 is 0. The standard InChI is InChI=1S/C30H52O5/c1-25(2)19-8-14-30(35)16-26(3)11-7-20-27(4,12-10-23(34)29(20,6)17-31)21(26)15-18(32)24(30)28(19,5)13-9-22(25)33/h18-24,31-35H,7-17H2,1-6H3/t18-,19+,20-,21+,22-,23-,24-,26+,27+,28+,29-,30?/m1/s1. The van der Waals surface area contributed by atoms with Crippen LogP contribution in [-0.4, -0.2) is 56.1 Å². The molecule has 0 aliphatic heterocycles. The van der Waals surface area contributed by atoms with Crippen molar-refractivity contribution >= 4 is 0 Å². The Hall–Kier alpha value is -0.200. The van der Waals surface area contributed by atoms with Gasteiger partial charge in [-0.1, -0.05) is 41.5 Å². The van der Waals surface area contributed by atoms with Gasteiger partial charge in [0.25, 0.3) is 0 Å². The van der Waals surface area contributed by atoms with Crippen LogP contribution >= 0.6 is 0 Å². The lowest BCUT2D eigenvalue weighted by Crippen LogP contribution is -2.64. The van der Waals surface area contributed by atoms with Crippen LogP contribution in [-0.2, 0) is 0 Å². The molecule has 0 aromatic carbocycles. The van der Waals surface area contributed by atoms with Gasteiger partial charge in [-0.05, 0) is 104 Å². The van der Waals surface area contributed by atoms with Crippen molar-refractivity contribution in [1.82, 2.24) is 0 Å². The number of aliphatic hydroxyl groups excluding tert-OH is 4. The van der Waals surface area contributed by atoms with Crippen LogP contribution in [0.1, 0.15) is 106 Å². The van der Waals surface area contributed by atoms with Crippen LogP contribution in [0.15, 0.2) is 0 Å². The summed E-state index contributed by atoms with van der Waals surface area (Å²) in [6.07, 6.45) is 6.67. The van der Waals surface area contributed by atoms with Crippen LogP contribution in [0.2, 0.25) is 0 Å². The Bertz CT molecular complexity index is 845. The molecule has 5 fully saturated rings. The SMILES string of the molecule is CC1(C)[C@H](O)CC[C@]2(C)[C@H]3[C@H](O)C[C@H]4[C@@](C)(CC[C@@H]5[C@]4(C)CC[C@@H](O)[C@]5(C)CO)CC3(O)CC[C@@H]12. The molecule has 0 radical (unpaired) electrons. The molecule has 0 spiro atoms. The highest BCUT2D eigenvalue weighted by Crippen LogP contribution is 2.71. The molecule has 5 N–H and O–H groups in total. The lowest BCUT2D eigenvalue weighted by molar-refractivity contribution is -0.228. The van der Waals surface area contributed by atoms with E-state index >= 15 is 0 Å². The number of aliphatic hydroxyl groups is 5. The van der Waals surface area contributed by atoms with Crippen molar-refractivity contribution in [3.8, 4) is 0 Å². The molecule has 5 nitrogen and oxygen atoms in total. The first-order chi connectivity index (χ1) is 16.1. The van der Waals surface area contributed by atoms with Gasteiger partial charge in [0, 0.05) is 11.3 Å². The Kier molecular flexibility index (Phi) is 5.97. The van der Waals surface area contributed by atoms with Crippen molar-refractivity contribution in [1.29, 1.82) is 0 Å². The maximum Gasteiger partial charge on any atom is 0.0711 e. The minimum Gasteiger partial charge on any atom is -0.396 e. The van der Waals surface area contributed by atoms with Crippen molar-refractivity contribution in [2.24, 2.45) is 50.7 Å². The molecule has 0 aromatic rings. The van der Waals surface area contributed by atoms with E-state index in [1.165, 1.54) is 0 Å². The van der Waals surface area contributed by atoms with Gasteiger partial charge < -0.3 is 25.5 Å². The minimum atomic E-state index is -0.899. The Morgan fingerprint density at radius 2 is 1.29 bits per heavy atom. The maximum atomic E-state index is 12.5. The fourth-order valence-electron chi connectivity index (χ4n) is 11.8. The van der Waals surface area contributed by atoms with Crippen molar-refractivity contribution in [3.63, 3.8) is 0 Å². The zero-order valence-electron chi connectivity index (χ0n) is 23.1. The van der Waals surface area contributed by atoms with Gasteiger partial charge in [0.1, 0.15) is 0 Å². The molecule has 0 saturated heterocycles. The number of fused-ring (bicyclic) bond motifs is 6. The molecule has 0 amide bonds. The molecular formula is C30H52O5. The van der Waals surface area contributed by atoms with Gasteiger partial charge in [-0.25, -0.2) is 0 Å². The number of rotatable bonds is 1. The van der Waals surface area contributed by atoms with E-state index in [-0.39, 0.29) is 58.0 Å². The highest BCUT2D eigenvalue weighted by molar-refractivity contribution is 5.18. The minimum absolute atomic E-state index is 0.00979. The molecular weight excluding hydrogens is 440 g/mol. The van der Waals surface area contributed by atoms with Gasteiger partial charge in [0.2, 0.25) is 0 Å². The molecule has 5 heteroatoms. The molecule has 0 aromatic heterocycles. The fraction of sp³-hybridized carbons (Fsp3) is 1.00. The molecule has 5 aliphatic carbocycles. The molecule has 202 valence electrons. The highest BCUT2D eigenvalue weighted by atomic mass is 16.3. The van der Waals surface area contributed by atoms with Crippen LogP contribution in [0, 0.1) is 50.7 Å². The number of hydrogen-bond donors (Lipinski definition) is 5. The van der Waals surface area contributed by atoms with Crippen molar-refractivity contribution < 1.29 is 25.5 Å². The van der Waals surface area contributed by atoms with Crippen LogP contribution in [0.5, 0.6) is 0 Å². The van der Waals surface area contributed by atoms with Crippen LogP contribution in [0.4, 0.5) is 0 Å². The van der Waals surface area contributed by atoms with Crippen LogP contribution in [0.25, 0.3) is 0 Å². The van der Waals surface area contributed by atoms with E-state index in [2.05, 4.69) is 41.5 Å². The largest absolute Gasteiger partial charge is 0.396 e. The second kappa shape index (κ2) is 7.91. The summed E-state index contributed by atoms with van der Waals surface area (Å²) in [4.78, 5) is 0. The van der Waals surface area contributed by atoms with Crippen molar-refractivity contribution in [3.05, 3.63) is 0 Å². The normalized spacial score (nSPS) is 59.9. The first-order valence-corrected chi connectivity index (χ1v) is 14.5. The van der Waals surface area contributed by atoms with E-state index in [1.54, 1.807) is 0 Å². The zero-order chi connectivity index (χ0) is 25.8. The summed E-state index contributed by atoms with van der Waals surface area (Å²) in [5.74, 6) is 0.526. The molecule has 5 rings (SSSR count). The molecule has 0 heterocycles. The third-order valence-electron chi connectivity index (χ3n) is 13.5. The Morgan fingerprint density at radius 1 is 0.686 bits per heavy atom. The molecule has 0 bridgehead atoms. The van der Waals surface area contributed by atoms with Gasteiger partial charge in [0.05, 0.1) is 30.5 Å². The average molecular weight is 493 g/mol. The molecule has 12 atom stereocenters. The first-order valence-electron chi connectivity index (χ1n) is 14.5. The van der Waals surface area contributed by atoms with Gasteiger partial charge >= 0.3 is 0 Å². The first kappa shape index (κ1) is 26.4. The van der Waals surface area contributed by atoms with E-state index < -0.39 is 23.2 Å². The van der Waals surface area contributed by atoms with E-state index in [1.807, 2.05) is 0 Å². The Balaban J connectivity index is 1.56. The predicted octanol–water partition coefficient (Wildman–Crippen LogP) is 4.28. The zero-order valence-corrected chi connectivity index (χ0v) is 23.1. The summed E-state index contributed by atoms with van der Waals surface area (Å²) in [5, 5.41) is 56.7. The molecule has 35 heavy (non-hydrogen) atoms. The summed E-state index contributed by atoms with van der Waals surface area (Å²) in [7, 11) is 0. The maximum absolute atomic E-state index is 12.5. The second-order valence-electron chi connectivity index (χ2n) is 15.6. The third-order valence-corrected chi connectivity index (χ3v) is 13.5. The van der Waals surface area contributed by atoms with Gasteiger partial charge in [-0.2, -0.15) is 0 Å². The van der Waals surface area contributed by atoms with E-state index in [4.69, 9.17) is 0 Å². The van der Waals surface area contributed by atoms with E-state index in [9.17, 15) is 25.5 Å². The average Bonchev–Trinajstić information content (AvgIpc) is 2.86. The fourth-order valence-corrected chi connectivity index (χ4v) is 11.8. The molecule has 5 aliphatic rings. The Labute approximate surface area is 212 Å². The molecule has 1 unspecified atom stereocenters. The van der Waals surface area contributed by atoms with Gasteiger partial charge in [-0.15, -0.1) is 0 Å². The predicted molar refractivity (Wildman–Crippen MR) is 136 cm³/mol. The summed E-state index contributed by atoms with van der Waals surface area (Å²) in [6, 6.07) is 0. The van der Waals surface area contributed by atoms with E-state index in [0.29, 0.717) is 19.3 Å². The van der Waals surface area contributed by atoms with Gasteiger partial charge in [-0.3, -0.25) is 0 Å². The topological polar surface area (TPSA) is 101 Å². The summed E-state index contributed by atoms with van der Waals surface area (Å²) in [6.45, 7) is 13.4. The van der Waals surface area contributed by atoms with E-state index in [0.717, 1.165) is 44.9 Å². The number of hydrogen-bond acceptors (Lipinski definition) is 5. The summed E-state index contributed by atoms with van der Waals surface area (Å²) >= 11 is 0. The lowest BCUT2D eigenvalue weighted by atomic mass is 9.41. The second-order valence-corrected chi connectivity index (χ2v) is 15.6. The van der Waals surface area contributed by atoms with Crippen molar-refractivity contribution in [2.45, 2.75) is 130 Å². The third kappa shape index (κ3) is 3.36.